The van der Waals surface area contributed by atoms with Crippen LogP contribution in [0.1, 0.15) is 18.2 Å². The molecule has 1 aliphatic carbocycles. The van der Waals surface area contributed by atoms with E-state index in [-0.39, 0.29) is 0 Å². The largest absolute Gasteiger partial charge is 0.456 e. The van der Waals surface area contributed by atoms with Crippen molar-refractivity contribution in [2.45, 2.75) is 6.92 Å². The van der Waals surface area contributed by atoms with Crippen LogP contribution < -0.4 is 0 Å². The maximum atomic E-state index is 6.12. The van der Waals surface area contributed by atoms with Crippen LogP contribution in [0.3, 0.4) is 0 Å². The summed E-state index contributed by atoms with van der Waals surface area (Å²) in [5.74, 6) is 0.843. The van der Waals surface area contributed by atoms with Gasteiger partial charge in [0.15, 0.2) is 0 Å². The normalized spacial score (nSPS) is 12.0. The van der Waals surface area contributed by atoms with Gasteiger partial charge < -0.3 is 4.42 Å². The quantitative estimate of drug-likeness (QED) is 0.195. The van der Waals surface area contributed by atoms with Crippen LogP contribution in [0.2, 0.25) is 0 Å². The molecule has 0 bridgehead atoms. The molecular formula is C45H30O. The van der Waals surface area contributed by atoms with Crippen molar-refractivity contribution < 1.29 is 4.42 Å². The van der Waals surface area contributed by atoms with Crippen molar-refractivity contribution in [2.75, 3.05) is 0 Å². The molecule has 1 aliphatic rings. The van der Waals surface area contributed by atoms with Gasteiger partial charge in [0.1, 0.15) is 11.3 Å². The van der Waals surface area contributed by atoms with Gasteiger partial charge in [-0.2, -0.15) is 0 Å². The Morgan fingerprint density at radius 3 is 1.74 bits per heavy atom. The van der Waals surface area contributed by atoms with Crippen LogP contribution >= 0.6 is 0 Å². The third-order valence-electron chi connectivity index (χ3n) is 9.51. The molecule has 7 aromatic carbocycles. The standard InChI is InChI=1S/C45H30O/c1-3-12-39-33(4-2)38-27-32(25-26-40(38)46-39)28-21-23-31(24-22-28)43-35-18-9-8-17-34(35)42(30-13-6-5-7-14-30)44-36-19-10-15-29-16-11-20-37(41(29)36)45(43)44/h3-27H,2H2,1H3/b12-3-. The Hall–Kier alpha value is -5.92. The van der Waals surface area contributed by atoms with E-state index >= 15 is 0 Å². The smallest absolute Gasteiger partial charge is 0.135 e. The second kappa shape index (κ2) is 10.3. The summed E-state index contributed by atoms with van der Waals surface area (Å²) in [7, 11) is 0. The Bertz CT molecular complexity index is 2520. The van der Waals surface area contributed by atoms with Gasteiger partial charge in [0.25, 0.3) is 0 Å². The zero-order chi connectivity index (χ0) is 30.8. The van der Waals surface area contributed by atoms with Crippen molar-refractivity contribution in [3.05, 3.63) is 157 Å². The lowest BCUT2D eigenvalue weighted by atomic mass is 9.82. The summed E-state index contributed by atoms with van der Waals surface area (Å²) in [5, 5.41) is 6.24. The molecule has 1 nitrogen and oxygen atoms in total. The predicted octanol–water partition coefficient (Wildman–Crippen LogP) is 13.1. The van der Waals surface area contributed by atoms with Crippen LogP contribution in [0, 0.1) is 0 Å². The first-order valence-corrected chi connectivity index (χ1v) is 15.8. The molecule has 0 atom stereocenters. The SMILES string of the molecule is C=Cc1c(/C=C\C)oc2ccc(-c3ccc(-c4c5c(c(-c6ccccc6)c6ccccc46)-c4cccc6cccc-5c46)cc3)cc12. The summed E-state index contributed by atoms with van der Waals surface area (Å²) in [4.78, 5) is 0. The fourth-order valence-corrected chi connectivity index (χ4v) is 7.57. The van der Waals surface area contributed by atoms with Crippen LogP contribution in [-0.4, -0.2) is 0 Å². The van der Waals surface area contributed by atoms with Crippen molar-refractivity contribution in [3.63, 3.8) is 0 Å². The average molecular weight is 587 g/mol. The van der Waals surface area contributed by atoms with E-state index in [1.807, 2.05) is 25.2 Å². The molecule has 216 valence electrons. The molecule has 0 saturated heterocycles. The highest BCUT2D eigenvalue weighted by Crippen LogP contribution is 2.57. The number of allylic oxidation sites excluding steroid dienone is 1. The third kappa shape index (κ3) is 3.82. The predicted molar refractivity (Wildman–Crippen MR) is 197 cm³/mol. The minimum atomic E-state index is 0.843. The number of furan rings is 1. The van der Waals surface area contributed by atoms with Gasteiger partial charge in [-0.15, -0.1) is 0 Å². The van der Waals surface area contributed by atoms with Gasteiger partial charge in [-0.25, -0.2) is 0 Å². The van der Waals surface area contributed by atoms with Crippen molar-refractivity contribution >= 4 is 44.7 Å². The van der Waals surface area contributed by atoms with E-state index in [0.717, 1.165) is 27.9 Å². The molecule has 1 heterocycles. The van der Waals surface area contributed by atoms with Crippen LogP contribution in [0.4, 0.5) is 0 Å². The molecule has 0 saturated carbocycles. The van der Waals surface area contributed by atoms with Crippen LogP contribution in [0.15, 0.2) is 151 Å². The van der Waals surface area contributed by atoms with Gasteiger partial charge in [-0.3, -0.25) is 0 Å². The second-order valence-corrected chi connectivity index (χ2v) is 12.0. The molecule has 0 radical (unpaired) electrons. The molecular weight excluding hydrogens is 556 g/mol. The van der Waals surface area contributed by atoms with E-state index in [9.17, 15) is 0 Å². The van der Waals surface area contributed by atoms with Gasteiger partial charge in [-0.1, -0.05) is 140 Å². The Kier molecular flexibility index (Phi) is 5.94. The number of benzene rings is 7. The Morgan fingerprint density at radius 2 is 1.11 bits per heavy atom. The van der Waals surface area contributed by atoms with Gasteiger partial charge in [0.2, 0.25) is 0 Å². The summed E-state index contributed by atoms with van der Waals surface area (Å²) < 4.78 is 6.12. The van der Waals surface area contributed by atoms with E-state index in [1.165, 1.54) is 71.6 Å². The van der Waals surface area contributed by atoms with Crippen LogP contribution in [-0.2, 0) is 0 Å². The highest BCUT2D eigenvalue weighted by molar-refractivity contribution is 6.27. The third-order valence-corrected chi connectivity index (χ3v) is 9.51. The number of hydrogen-bond acceptors (Lipinski definition) is 1. The Labute approximate surface area is 268 Å². The molecule has 8 aromatic rings. The molecule has 0 N–H and O–H groups in total. The first kappa shape index (κ1) is 26.5. The van der Waals surface area contributed by atoms with E-state index in [0.29, 0.717) is 0 Å². The summed E-state index contributed by atoms with van der Waals surface area (Å²) in [6.07, 6.45) is 5.88. The maximum Gasteiger partial charge on any atom is 0.135 e. The molecule has 0 aliphatic heterocycles. The van der Waals surface area contributed by atoms with Crippen molar-refractivity contribution in [1.29, 1.82) is 0 Å². The number of rotatable bonds is 5. The van der Waals surface area contributed by atoms with Crippen molar-refractivity contribution in [3.8, 4) is 55.6 Å². The molecule has 0 spiro atoms. The molecule has 0 amide bonds. The topological polar surface area (TPSA) is 13.1 Å². The molecule has 0 unspecified atom stereocenters. The zero-order valence-corrected chi connectivity index (χ0v) is 25.5. The van der Waals surface area contributed by atoms with E-state index in [2.05, 4.69) is 140 Å². The average Bonchev–Trinajstić information content (AvgIpc) is 3.63. The van der Waals surface area contributed by atoms with E-state index in [4.69, 9.17) is 4.42 Å². The molecule has 1 heteroatoms. The maximum absolute atomic E-state index is 6.12. The molecule has 0 fully saturated rings. The minimum Gasteiger partial charge on any atom is -0.456 e. The van der Waals surface area contributed by atoms with Gasteiger partial charge in [0, 0.05) is 10.9 Å². The monoisotopic (exact) mass is 586 g/mol. The number of fused-ring (bicyclic) bond motifs is 5. The van der Waals surface area contributed by atoms with Gasteiger partial charge in [0.05, 0.1) is 0 Å². The lowest BCUT2D eigenvalue weighted by molar-refractivity contribution is 0.603. The second-order valence-electron chi connectivity index (χ2n) is 12.0. The van der Waals surface area contributed by atoms with E-state index in [1.54, 1.807) is 0 Å². The zero-order valence-electron chi connectivity index (χ0n) is 25.5. The number of hydrogen-bond donors (Lipinski definition) is 0. The van der Waals surface area contributed by atoms with Crippen LogP contribution in [0.25, 0.3) is 100 Å². The molecule has 1 aromatic heterocycles. The Balaban J connectivity index is 1.29. The van der Waals surface area contributed by atoms with Crippen molar-refractivity contribution in [1.82, 2.24) is 0 Å². The summed E-state index contributed by atoms with van der Waals surface area (Å²) in [5.41, 5.74) is 14.6. The first-order valence-electron chi connectivity index (χ1n) is 15.8. The first-order chi connectivity index (χ1) is 22.7. The molecule has 46 heavy (non-hydrogen) atoms. The van der Waals surface area contributed by atoms with Crippen LogP contribution in [0.5, 0.6) is 0 Å². The lowest BCUT2D eigenvalue weighted by Gasteiger charge is -2.20. The summed E-state index contributed by atoms with van der Waals surface area (Å²) in [6.45, 7) is 6.06. The lowest BCUT2D eigenvalue weighted by Crippen LogP contribution is -1.93. The highest BCUT2D eigenvalue weighted by Gasteiger charge is 2.30. The Morgan fingerprint density at radius 1 is 0.522 bits per heavy atom. The summed E-state index contributed by atoms with van der Waals surface area (Å²) in [6, 6.07) is 48.8. The van der Waals surface area contributed by atoms with E-state index < -0.39 is 0 Å². The summed E-state index contributed by atoms with van der Waals surface area (Å²) >= 11 is 0. The minimum absolute atomic E-state index is 0.843. The highest BCUT2D eigenvalue weighted by atomic mass is 16.3. The molecule has 9 rings (SSSR count). The van der Waals surface area contributed by atoms with Crippen molar-refractivity contribution in [2.24, 2.45) is 0 Å². The van der Waals surface area contributed by atoms with Gasteiger partial charge in [-0.05, 0) is 102 Å². The fourth-order valence-electron chi connectivity index (χ4n) is 7.57. The fraction of sp³-hybridized carbons (Fsp3) is 0.0222. The van der Waals surface area contributed by atoms with Gasteiger partial charge >= 0.3 is 0 Å².